The largest absolute Gasteiger partial charge is 0.497 e. The Bertz CT molecular complexity index is 720. The minimum absolute atomic E-state index is 0.591. The second kappa shape index (κ2) is 5.21. The van der Waals surface area contributed by atoms with Crippen molar-refractivity contribution in [2.45, 2.75) is 6.42 Å². The van der Waals surface area contributed by atoms with Crippen LogP contribution in [0.2, 0.25) is 0 Å². The van der Waals surface area contributed by atoms with Gasteiger partial charge >= 0.3 is 0 Å². The van der Waals surface area contributed by atoms with E-state index in [1.165, 1.54) is 0 Å². The van der Waals surface area contributed by atoms with E-state index in [0.29, 0.717) is 18.2 Å². The number of methoxy groups -OCH3 is 2. The maximum absolute atomic E-state index is 5.72. The van der Waals surface area contributed by atoms with Crippen molar-refractivity contribution in [3.05, 3.63) is 48.0 Å². The van der Waals surface area contributed by atoms with Crippen LogP contribution in [-0.2, 0) is 6.42 Å². The molecule has 1 aromatic carbocycles. The van der Waals surface area contributed by atoms with Crippen molar-refractivity contribution in [2.24, 2.45) is 0 Å². The molecule has 0 aliphatic rings. The SMILES string of the molecule is COc1ccc2nc(Cc3ccc(OC)nc3)oc2c1. The fraction of sp³-hybridized carbons (Fsp3) is 0.200. The third-order valence-corrected chi connectivity index (χ3v) is 3.00. The highest BCUT2D eigenvalue weighted by Crippen LogP contribution is 2.22. The number of aromatic nitrogens is 2. The van der Waals surface area contributed by atoms with Gasteiger partial charge in [-0.2, -0.15) is 0 Å². The van der Waals surface area contributed by atoms with Gasteiger partial charge in [0.2, 0.25) is 5.88 Å². The second-order valence-corrected chi connectivity index (χ2v) is 4.33. The minimum atomic E-state index is 0.591. The van der Waals surface area contributed by atoms with Gasteiger partial charge in [-0.15, -0.1) is 0 Å². The Balaban J connectivity index is 1.86. The van der Waals surface area contributed by atoms with E-state index in [1.54, 1.807) is 20.4 Å². The average molecular weight is 270 g/mol. The molecule has 0 fully saturated rings. The van der Waals surface area contributed by atoms with E-state index in [9.17, 15) is 0 Å². The normalized spacial score (nSPS) is 10.7. The molecule has 0 saturated carbocycles. The lowest BCUT2D eigenvalue weighted by atomic mass is 10.2. The van der Waals surface area contributed by atoms with Crippen molar-refractivity contribution in [1.29, 1.82) is 0 Å². The van der Waals surface area contributed by atoms with Gasteiger partial charge in [0, 0.05) is 18.3 Å². The summed E-state index contributed by atoms with van der Waals surface area (Å²) in [6.07, 6.45) is 2.35. The van der Waals surface area contributed by atoms with E-state index >= 15 is 0 Å². The summed E-state index contributed by atoms with van der Waals surface area (Å²) in [6.45, 7) is 0. The summed E-state index contributed by atoms with van der Waals surface area (Å²) < 4.78 is 15.9. The number of pyridine rings is 1. The lowest BCUT2D eigenvalue weighted by molar-refractivity contribution is 0.397. The molecule has 0 radical (unpaired) electrons. The van der Waals surface area contributed by atoms with Crippen molar-refractivity contribution in [3.8, 4) is 11.6 Å². The topological polar surface area (TPSA) is 57.4 Å². The van der Waals surface area contributed by atoms with E-state index in [0.717, 1.165) is 22.4 Å². The Hall–Kier alpha value is -2.56. The summed E-state index contributed by atoms with van der Waals surface area (Å²) in [5, 5.41) is 0. The van der Waals surface area contributed by atoms with Gasteiger partial charge < -0.3 is 13.9 Å². The molecule has 20 heavy (non-hydrogen) atoms. The van der Waals surface area contributed by atoms with Gasteiger partial charge in [-0.3, -0.25) is 0 Å². The lowest BCUT2D eigenvalue weighted by Crippen LogP contribution is -1.91. The van der Waals surface area contributed by atoms with Gasteiger partial charge in [0.1, 0.15) is 11.3 Å². The molecule has 5 nitrogen and oxygen atoms in total. The van der Waals surface area contributed by atoms with Crippen LogP contribution in [0.5, 0.6) is 11.6 Å². The summed E-state index contributed by atoms with van der Waals surface area (Å²) in [6, 6.07) is 9.34. The van der Waals surface area contributed by atoms with E-state index in [2.05, 4.69) is 9.97 Å². The van der Waals surface area contributed by atoms with Gasteiger partial charge in [-0.25, -0.2) is 9.97 Å². The summed E-state index contributed by atoms with van der Waals surface area (Å²) in [5.41, 5.74) is 2.56. The van der Waals surface area contributed by atoms with E-state index in [4.69, 9.17) is 13.9 Å². The third kappa shape index (κ3) is 2.42. The number of nitrogens with zero attached hydrogens (tertiary/aromatic N) is 2. The second-order valence-electron chi connectivity index (χ2n) is 4.33. The van der Waals surface area contributed by atoms with Crippen molar-refractivity contribution in [3.63, 3.8) is 0 Å². The van der Waals surface area contributed by atoms with E-state index in [1.807, 2.05) is 30.3 Å². The molecular formula is C15H14N2O3. The van der Waals surface area contributed by atoms with Crippen LogP contribution >= 0.6 is 0 Å². The predicted molar refractivity (Wildman–Crippen MR) is 74.2 cm³/mol. The summed E-state index contributed by atoms with van der Waals surface area (Å²) in [7, 11) is 3.22. The number of hydrogen-bond donors (Lipinski definition) is 0. The fourth-order valence-corrected chi connectivity index (χ4v) is 1.97. The zero-order valence-electron chi connectivity index (χ0n) is 11.3. The molecule has 0 aliphatic heterocycles. The molecule has 0 spiro atoms. The molecule has 0 aliphatic carbocycles. The molecule has 0 N–H and O–H groups in total. The monoisotopic (exact) mass is 270 g/mol. The van der Waals surface area contributed by atoms with Crippen LogP contribution in [0.3, 0.4) is 0 Å². The first-order chi connectivity index (χ1) is 9.78. The van der Waals surface area contributed by atoms with Crippen LogP contribution in [0, 0.1) is 0 Å². The van der Waals surface area contributed by atoms with Gasteiger partial charge in [-0.1, -0.05) is 6.07 Å². The van der Waals surface area contributed by atoms with E-state index in [-0.39, 0.29) is 0 Å². The number of hydrogen-bond acceptors (Lipinski definition) is 5. The molecule has 3 aromatic rings. The van der Waals surface area contributed by atoms with Gasteiger partial charge in [-0.05, 0) is 17.7 Å². The van der Waals surface area contributed by atoms with Crippen molar-refractivity contribution in [1.82, 2.24) is 9.97 Å². The Labute approximate surface area is 116 Å². The van der Waals surface area contributed by atoms with Crippen molar-refractivity contribution >= 4 is 11.1 Å². The minimum Gasteiger partial charge on any atom is -0.497 e. The fourth-order valence-electron chi connectivity index (χ4n) is 1.97. The zero-order valence-corrected chi connectivity index (χ0v) is 11.3. The molecule has 2 aromatic heterocycles. The smallest absolute Gasteiger partial charge is 0.212 e. The molecular weight excluding hydrogens is 256 g/mol. The molecule has 5 heteroatoms. The molecule has 102 valence electrons. The standard InChI is InChI=1S/C15H14N2O3/c1-18-11-4-5-12-13(8-11)20-15(17-12)7-10-3-6-14(19-2)16-9-10/h3-6,8-9H,7H2,1-2H3. The zero-order chi connectivity index (χ0) is 13.9. The number of oxazole rings is 1. The first-order valence-corrected chi connectivity index (χ1v) is 6.21. The highest BCUT2D eigenvalue weighted by atomic mass is 16.5. The number of rotatable bonds is 4. The molecule has 3 rings (SSSR count). The molecule has 0 atom stereocenters. The quantitative estimate of drug-likeness (QED) is 0.729. The van der Waals surface area contributed by atoms with Crippen molar-refractivity contribution in [2.75, 3.05) is 14.2 Å². The third-order valence-electron chi connectivity index (χ3n) is 3.00. The predicted octanol–water partition coefficient (Wildman–Crippen LogP) is 2.83. The van der Waals surface area contributed by atoms with Crippen LogP contribution in [0.1, 0.15) is 11.5 Å². The summed E-state index contributed by atoms with van der Waals surface area (Å²) in [5.74, 6) is 2.00. The first-order valence-electron chi connectivity index (χ1n) is 6.21. The maximum Gasteiger partial charge on any atom is 0.212 e. The van der Waals surface area contributed by atoms with Crippen LogP contribution < -0.4 is 9.47 Å². The van der Waals surface area contributed by atoms with Gasteiger partial charge in [0.25, 0.3) is 0 Å². The average Bonchev–Trinajstić information content (AvgIpc) is 2.89. The molecule has 0 saturated heterocycles. The summed E-state index contributed by atoms with van der Waals surface area (Å²) in [4.78, 5) is 8.61. The first kappa shape index (κ1) is 12.5. The number of ether oxygens (including phenoxy) is 2. The summed E-state index contributed by atoms with van der Waals surface area (Å²) >= 11 is 0. The molecule has 0 amide bonds. The van der Waals surface area contributed by atoms with Crippen LogP contribution in [0.25, 0.3) is 11.1 Å². The van der Waals surface area contributed by atoms with E-state index < -0.39 is 0 Å². The Morgan fingerprint density at radius 2 is 2.00 bits per heavy atom. The van der Waals surface area contributed by atoms with Gasteiger partial charge in [0.15, 0.2) is 11.5 Å². The Morgan fingerprint density at radius 3 is 2.70 bits per heavy atom. The van der Waals surface area contributed by atoms with Crippen LogP contribution in [-0.4, -0.2) is 24.2 Å². The number of fused-ring (bicyclic) bond motifs is 1. The van der Waals surface area contributed by atoms with Crippen LogP contribution in [0.15, 0.2) is 40.9 Å². The Kier molecular flexibility index (Phi) is 3.25. The molecule has 2 heterocycles. The maximum atomic E-state index is 5.72. The molecule has 0 bridgehead atoms. The highest BCUT2D eigenvalue weighted by molar-refractivity contribution is 5.74. The van der Waals surface area contributed by atoms with Gasteiger partial charge in [0.05, 0.1) is 20.6 Å². The lowest BCUT2D eigenvalue weighted by Gasteiger charge is -1.99. The highest BCUT2D eigenvalue weighted by Gasteiger charge is 2.08. The number of benzene rings is 1. The van der Waals surface area contributed by atoms with Crippen LogP contribution in [0.4, 0.5) is 0 Å². The molecule has 0 unspecified atom stereocenters. The Morgan fingerprint density at radius 1 is 1.10 bits per heavy atom. The van der Waals surface area contributed by atoms with Crippen molar-refractivity contribution < 1.29 is 13.9 Å².